The molecule has 3 aliphatic rings. The van der Waals surface area contributed by atoms with Gasteiger partial charge in [-0.3, -0.25) is 9.59 Å². The molecule has 4 heteroatoms. The molecular formula is C29H24BrNO2. The molecule has 0 amide bonds. The first-order valence-corrected chi connectivity index (χ1v) is 12.5. The molecule has 1 heterocycles. The molecule has 0 spiro atoms. The molecular weight excluding hydrogens is 474 g/mol. The second-order valence-electron chi connectivity index (χ2n) is 9.09. The van der Waals surface area contributed by atoms with Crippen LogP contribution < -0.4 is 4.90 Å². The molecule has 3 nitrogen and oxygen atoms in total. The molecule has 0 saturated heterocycles. The van der Waals surface area contributed by atoms with Crippen molar-refractivity contribution in [2.45, 2.75) is 44.4 Å². The van der Waals surface area contributed by atoms with Gasteiger partial charge in [0.2, 0.25) is 0 Å². The van der Waals surface area contributed by atoms with Crippen molar-refractivity contribution < 1.29 is 9.59 Å². The molecule has 0 aromatic heterocycles. The van der Waals surface area contributed by atoms with E-state index in [2.05, 4.69) is 63.3 Å². The first kappa shape index (κ1) is 20.6. The zero-order valence-corrected chi connectivity index (χ0v) is 19.9. The number of allylic oxidation sites excluding steroid dienone is 4. The van der Waals surface area contributed by atoms with E-state index in [0.717, 1.165) is 74.7 Å². The van der Waals surface area contributed by atoms with Crippen LogP contribution in [-0.2, 0) is 9.59 Å². The van der Waals surface area contributed by atoms with E-state index in [1.807, 2.05) is 24.3 Å². The first-order valence-electron chi connectivity index (χ1n) is 11.7. The van der Waals surface area contributed by atoms with Gasteiger partial charge in [-0.15, -0.1) is 0 Å². The molecule has 0 fully saturated rings. The van der Waals surface area contributed by atoms with Crippen molar-refractivity contribution in [3.8, 4) is 0 Å². The van der Waals surface area contributed by atoms with Gasteiger partial charge in [0.25, 0.3) is 0 Å². The fourth-order valence-corrected chi connectivity index (χ4v) is 6.10. The third kappa shape index (κ3) is 3.31. The van der Waals surface area contributed by atoms with Crippen LogP contribution in [-0.4, -0.2) is 11.6 Å². The minimum atomic E-state index is -0.284. The Kier molecular flexibility index (Phi) is 5.06. The number of hydrogen-bond donors (Lipinski definition) is 0. The van der Waals surface area contributed by atoms with Gasteiger partial charge in [0.15, 0.2) is 11.6 Å². The van der Waals surface area contributed by atoms with Crippen LogP contribution in [0.25, 0.3) is 10.8 Å². The number of carbonyl (C=O) groups is 2. The summed E-state index contributed by atoms with van der Waals surface area (Å²) in [5, 5.41) is 2.26. The van der Waals surface area contributed by atoms with E-state index in [9.17, 15) is 9.59 Å². The van der Waals surface area contributed by atoms with E-state index >= 15 is 0 Å². The average Bonchev–Trinajstić information content (AvgIpc) is 2.84. The lowest BCUT2D eigenvalue weighted by atomic mass is 9.70. The number of carbonyl (C=O) groups excluding carboxylic acids is 2. The number of ketones is 2. The predicted molar refractivity (Wildman–Crippen MR) is 135 cm³/mol. The zero-order valence-electron chi connectivity index (χ0n) is 18.3. The number of fused-ring (bicyclic) bond motifs is 1. The largest absolute Gasteiger partial charge is 0.317 e. The normalized spacial score (nSPS) is 19.2. The molecule has 33 heavy (non-hydrogen) atoms. The molecule has 164 valence electrons. The highest BCUT2D eigenvalue weighted by molar-refractivity contribution is 9.10. The second kappa shape index (κ2) is 8.11. The monoisotopic (exact) mass is 497 g/mol. The van der Waals surface area contributed by atoms with Gasteiger partial charge in [-0.1, -0.05) is 58.4 Å². The Hall–Kier alpha value is -2.98. The maximum Gasteiger partial charge on any atom is 0.161 e. The molecule has 3 aromatic rings. The van der Waals surface area contributed by atoms with Crippen molar-refractivity contribution in [1.82, 2.24) is 0 Å². The van der Waals surface area contributed by atoms with Gasteiger partial charge in [-0.05, 0) is 66.3 Å². The molecule has 0 atom stereocenters. The highest BCUT2D eigenvalue weighted by atomic mass is 79.9. The van der Waals surface area contributed by atoms with E-state index in [-0.39, 0.29) is 17.5 Å². The van der Waals surface area contributed by atoms with Crippen LogP contribution in [0.3, 0.4) is 0 Å². The number of hydrogen-bond acceptors (Lipinski definition) is 3. The minimum Gasteiger partial charge on any atom is -0.317 e. The summed E-state index contributed by atoms with van der Waals surface area (Å²) in [6, 6.07) is 22.8. The summed E-state index contributed by atoms with van der Waals surface area (Å²) in [5.74, 6) is 0.0795. The highest BCUT2D eigenvalue weighted by Gasteiger charge is 2.44. The Labute approximate surface area is 201 Å². The summed E-state index contributed by atoms with van der Waals surface area (Å²) in [4.78, 5) is 29.3. The van der Waals surface area contributed by atoms with Gasteiger partial charge in [0.05, 0.1) is 0 Å². The predicted octanol–water partition coefficient (Wildman–Crippen LogP) is 7.22. The third-order valence-corrected chi connectivity index (χ3v) is 7.72. The van der Waals surface area contributed by atoms with Crippen LogP contribution in [0.2, 0.25) is 0 Å². The zero-order chi connectivity index (χ0) is 22.5. The fraction of sp³-hybridized carbons (Fsp3) is 0.241. The molecule has 2 aliphatic carbocycles. The van der Waals surface area contributed by atoms with Crippen molar-refractivity contribution in [2.75, 3.05) is 4.90 Å². The Morgan fingerprint density at radius 2 is 1.30 bits per heavy atom. The van der Waals surface area contributed by atoms with E-state index in [4.69, 9.17) is 0 Å². The lowest BCUT2D eigenvalue weighted by Gasteiger charge is -2.44. The van der Waals surface area contributed by atoms with E-state index in [1.54, 1.807) is 0 Å². The Balaban J connectivity index is 1.66. The van der Waals surface area contributed by atoms with E-state index in [1.165, 1.54) is 0 Å². The number of rotatable bonds is 2. The summed E-state index contributed by atoms with van der Waals surface area (Å²) < 4.78 is 1.01. The molecule has 1 aliphatic heterocycles. The summed E-state index contributed by atoms with van der Waals surface area (Å²) in [5.41, 5.74) is 5.93. The summed E-state index contributed by atoms with van der Waals surface area (Å²) >= 11 is 3.54. The molecule has 0 unspecified atom stereocenters. The number of halogens is 1. The summed E-state index contributed by atoms with van der Waals surface area (Å²) in [7, 11) is 0. The Bertz CT molecular complexity index is 1320. The van der Waals surface area contributed by atoms with Gasteiger partial charge < -0.3 is 4.90 Å². The topological polar surface area (TPSA) is 37.4 Å². The average molecular weight is 498 g/mol. The van der Waals surface area contributed by atoms with Crippen molar-refractivity contribution in [2.24, 2.45) is 0 Å². The molecule has 0 bridgehead atoms. The molecule has 6 rings (SSSR count). The smallest absolute Gasteiger partial charge is 0.161 e. The number of benzene rings is 3. The minimum absolute atomic E-state index is 0.182. The number of anilines is 1. The van der Waals surface area contributed by atoms with Crippen LogP contribution in [0.4, 0.5) is 5.69 Å². The van der Waals surface area contributed by atoms with Crippen LogP contribution in [0.5, 0.6) is 0 Å². The van der Waals surface area contributed by atoms with E-state index in [0.29, 0.717) is 12.8 Å². The van der Waals surface area contributed by atoms with Crippen molar-refractivity contribution in [3.63, 3.8) is 0 Å². The van der Waals surface area contributed by atoms with Crippen LogP contribution >= 0.6 is 15.9 Å². The van der Waals surface area contributed by atoms with Gasteiger partial charge >= 0.3 is 0 Å². The molecule has 0 saturated carbocycles. The number of Topliss-reactive ketones (excluding diaryl/α,β-unsaturated/α-hetero) is 2. The van der Waals surface area contributed by atoms with E-state index < -0.39 is 0 Å². The maximum atomic E-state index is 13.5. The summed E-state index contributed by atoms with van der Waals surface area (Å²) in [6.07, 6.45) is 4.50. The summed E-state index contributed by atoms with van der Waals surface area (Å²) in [6.45, 7) is 0. The van der Waals surface area contributed by atoms with Crippen molar-refractivity contribution in [1.29, 1.82) is 0 Å². The Morgan fingerprint density at radius 3 is 1.97 bits per heavy atom. The van der Waals surface area contributed by atoms with Gasteiger partial charge in [-0.2, -0.15) is 0 Å². The fourth-order valence-electron chi connectivity index (χ4n) is 5.84. The second-order valence-corrected chi connectivity index (χ2v) is 10.0. The van der Waals surface area contributed by atoms with Gasteiger partial charge in [-0.25, -0.2) is 0 Å². The Morgan fingerprint density at radius 1 is 0.697 bits per heavy atom. The van der Waals surface area contributed by atoms with Gasteiger partial charge in [0.1, 0.15) is 0 Å². The van der Waals surface area contributed by atoms with Crippen LogP contribution in [0.15, 0.2) is 93.7 Å². The van der Waals surface area contributed by atoms with Crippen molar-refractivity contribution in [3.05, 3.63) is 99.3 Å². The third-order valence-electron chi connectivity index (χ3n) is 7.19. The molecule has 0 radical (unpaired) electrons. The van der Waals surface area contributed by atoms with Gasteiger partial charge in [0, 0.05) is 51.5 Å². The highest BCUT2D eigenvalue weighted by Crippen LogP contribution is 2.51. The standard InChI is InChI=1S/C29H24BrNO2/c30-19-14-16-20(17-15-19)31-23-10-4-12-25(32)28(23)27(29-24(31)11-5-13-26(29)33)22-9-3-7-18-6-1-2-8-21(18)22/h1-3,6-9,14-17,27H,4-5,10-13H2. The lowest BCUT2D eigenvalue weighted by Crippen LogP contribution is -2.39. The van der Waals surface area contributed by atoms with Crippen LogP contribution in [0.1, 0.15) is 50.0 Å². The number of nitrogens with zero attached hydrogens (tertiary/aromatic N) is 1. The van der Waals surface area contributed by atoms with Crippen LogP contribution in [0, 0.1) is 0 Å². The molecule has 0 N–H and O–H groups in total. The van der Waals surface area contributed by atoms with Crippen molar-refractivity contribution >= 4 is 44.0 Å². The lowest BCUT2D eigenvalue weighted by molar-refractivity contribution is -0.116. The molecule has 3 aromatic carbocycles. The maximum absolute atomic E-state index is 13.5. The SMILES string of the molecule is O=C1CCCC2=C1C(c1cccc3ccccc13)C1=C(CCCC1=O)N2c1ccc(Br)cc1. The first-order chi connectivity index (χ1) is 16.1. The quantitative estimate of drug-likeness (QED) is 0.374.